The Morgan fingerprint density at radius 2 is 2.12 bits per heavy atom. The lowest BCUT2D eigenvalue weighted by Crippen LogP contribution is -2.13. The Morgan fingerprint density at radius 3 is 2.71 bits per heavy atom. The van der Waals surface area contributed by atoms with Crippen molar-refractivity contribution in [3.63, 3.8) is 0 Å². The zero-order valence-electron chi connectivity index (χ0n) is 10.8. The van der Waals surface area contributed by atoms with Crippen LogP contribution in [0.15, 0.2) is 24.3 Å². The molecule has 1 rings (SSSR count). The molecule has 2 atom stereocenters. The fourth-order valence-corrected chi connectivity index (χ4v) is 2.61. The zero-order chi connectivity index (χ0) is 12.7. The highest BCUT2D eigenvalue weighted by Crippen LogP contribution is 2.21. The Kier molecular flexibility index (Phi) is 6.61. The maximum atomic E-state index is 9.44. The molecule has 0 aliphatic heterocycles. The first kappa shape index (κ1) is 14.5. The van der Waals surface area contributed by atoms with E-state index < -0.39 is 0 Å². The fraction of sp³-hybridized carbons (Fsp3) is 0.600. The second kappa shape index (κ2) is 7.73. The Bertz CT molecular complexity index is 324. The average molecular weight is 255 g/mol. The third kappa shape index (κ3) is 5.56. The van der Waals surface area contributed by atoms with Crippen LogP contribution in [0.2, 0.25) is 5.02 Å². The third-order valence-corrected chi connectivity index (χ3v) is 3.42. The van der Waals surface area contributed by atoms with Gasteiger partial charge in [0.25, 0.3) is 0 Å². The van der Waals surface area contributed by atoms with E-state index in [0.29, 0.717) is 11.8 Å². The summed E-state index contributed by atoms with van der Waals surface area (Å²) in [4.78, 5) is 0. The number of benzene rings is 1. The summed E-state index contributed by atoms with van der Waals surface area (Å²) in [5.41, 5.74) is 1.22. The van der Waals surface area contributed by atoms with Crippen LogP contribution in [-0.4, -0.2) is 11.7 Å². The Balaban J connectivity index is 2.51. The van der Waals surface area contributed by atoms with Gasteiger partial charge >= 0.3 is 0 Å². The molecule has 0 aliphatic rings. The van der Waals surface area contributed by atoms with Crippen LogP contribution in [0.1, 0.15) is 38.7 Å². The average Bonchev–Trinajstić information content (AvgIpc) is 2.28. The lowest BCUT2D eigenvalue weighted by Gasteiger charge is -2.18. The van der Waals surface area contributed by atoms with Crippen molar-refractivity contribution in [2.45, 2.75) is 39.5 Å². The maximum Gasteiger partial charge on any atom is 0.0462 e. The molecule has 1 aromatic rings. The zero-order valence-corrected chi connectivity index (χ0v) is 11.6. The van der Waals surface area contributed by atoms with Gasteiger partial charge in [-0.2, -0.15) is 0 Å². The van der Waals surface area contributed by atoms with E-state index in [9.17, 15) is 5.11 Å². The summed E-state index contributed by atoms with van der Waals surface area (Å²) in [6, 6.07) is 7.94. The van der Waals surface area contributed by atoms with Gasteiger partial charge in [-0.15, -0.1) is 0 Å². The predicted octanol–water partition coefficient (Wildman–Crippen LogP) is 4.32. The number of hydrogen-bond donors (Lipinski definition) is 1. The van der Waals surface area contributed by atoms with Gasteiger partial charge < -0.3 is 5.11 Å². The number of aliphatic hydroxyl groups is 1. The van der Waals surface area contributed by atoms with Crippen molar-refractivity contribution < 1.29 is 5.11 Å². The van der Waals surface area contributed by atoms with Crippen LogP contribution in [0.3, 0.4) is 0 Å². The van der Waals surface area contributed by atoms with Gasteiger partial charge in [0, 0.05) is 11.6 Å². The quantitative estimate of drug-likeness (QED) is 0.769. The molecule has 0 heterocycles. The molecular weight excluding hydrogens is 232 g/mol. The van der Waals surface area contributed by atoms with Crippen molar-refractivity contribution in [1.82, 2.24) is 0 Å². The van der Waals surface area contributed by atoms with Crippen LogP contribution in [0.5, 0.6) is 0 Å². The summed E-state index contributed by atoms with van der Waals surface area (Å²) < 4.78 is 0. The lowest BCUT2D eigenvalue weighted by molar-refractivity contribution is 0.200. The van der Waals surface area contributed by atoms with Crippen molar-refractivity contribution in [1.29, 1.82) is 0 Å². The third-order valence-electron chi connectivity index (χ3n) is 3.19. The molecule has 0 bridgehead atoms. The normalized spacial score (nSPS) is 14.6. The first-order valence-electron chi connectivity index (χ1n) is 6.51. The van der Waals surface area contributed by atoms with Crippen LogP contribution in [0.25, 0.3) is 0 Å². The lowest BCUT2D eigenvalue weighted by atomic mass is 9.89. The molecule has 96 valence electrons. The van der Waals surface area contributed by atoms with Gasteiger partial charge in [0.05, 0.1) is 0 Å². The summed E-state index contributed by atoms with van der Waals surface area (Å²) in [6.45, 7) is 4.74. The summed E-state index contributed by atoms with van der Waals surface area (Å²) in [5.74, 6) is 1.05. The Labute approximate surface area is 110 Å². The molecule has 2 heteroatoms. The van der Waals surface area contributed by atoms with Crippen molar-refractivity contribution in [2.75, 3.05) is 6.61 Å². The molecule has 0 saturated heterocycles. The fourth-order valence-electron chi connectivity index (χ4n) is 2.40. The standard InChI is InChI=1S/C15H23ClO/c1-3-5-12(2)8-14(11-17)9-13-6-4-7-15(16)10-13/h4,6-7,10,12,14,17H,3,5,8-9,11H2,1-2H3. The monoisotopic (exact) mass is 254 g/mol. The van der Waals surface area contributed by atoms with Gasteiger partial charge in [-0.25, -0.2) is 0 Å². The molecule has 0 spiro atoms. The minimum absolute atomic E-state index is 0.264. The van der Waals surface area contributed by atoms with Gasteiger partial charge in [-0.3, -0.25) is 0 Å². The summed E-state index contributed by atoms with van der Waals surface area (Å²) in [5, 5.41) is 10.2. The molecule has 0 aliphatic carbocycles. The highest BCUT2D eigenvalue weighted by atomic mass is 35.5. The smallest absolute Gasteiger partial charge is 0.0462 e. The number of aliphatic hydroxyl groups excluding tert-OH is 1. The molecular formula is C15H23ClO. The van der Waals surface area contributed by atoms with E-state index in [1.54, 1.807) is 0 Å². The van der Waals surface area contributed by atoms with Gasteiger partial charge in [0.15, 0.2) is 0 Å². The molecule has 1 aromatic carbocycles. The number of rotatable bonds is 7. The summed E-state index contributed by atoms with van der Waals surface area (Å²) >= 11 is 5.96. The van der Waals surface area contributed by atoms with E-state index in [-0.39, 0.29) is 6.61 Å². The van der Waals surface area contributed by atoms with Crippen molar-refractivity contribution in [2.24, 2.45) is 11.8 Å². The molecule has 1 N–H and O–H groups in total. The van der Waals surface area contributed by atoms with Crippen LogP contribution in [0, 0.1) is 11.8 Å². The second-order valence-electron chi connectivity index (χ2n) is 5.01. The first-order valence-corrected chi connectivity index (χ1v) is 6.88. The van der Waals surface area contributed by atoms with Crippen LogP contribution >= 0.6 is 11.6 Å². The largest absolute Gasteiger partial charge is 0.396 e. The van der Waals surface area contributed by atoms with Crippen LogP contribution < -0.4 is 0 Å². The van der Waals surface area contributed by atoms with Crippen molar-refractivity contribution in [3.8, 4) is 0 Å². The van der Waals surface area contributed by atoms with E-state index >= 15 is 0 Å². The minimum atomic E-state index is 0.264. The minimum Gasteiger partial charge on any atom is -0.396 e. The van der Waals surface area contributed by atoms with Gasteiger partial charge in [-0.1, -0.05) is 50.4 Å². The topological polar surface area (TPSA) is 20.2 Å². The molecule has 0 radical (unpaired) electrons. The maximum absolute atomic E-state index is 9.44. The van der Waals surface area contributed by atoms with Gasteiger partial charge in [0.2, 0.25) is 0 Å². The van der Waals surface area contributed by atoms with Crippen molar-refractivity contribution in [3.05, 3.63) is 34.9 Å². The molecule has 2 unspecified atom stereocenters. The predicted molar refractivity (Wildman–Crippen MR) is 74.4 cm³/mol. The molecule has 0 fully saturated rings. The molecule has 0 saturated carbocycles. The van der Waals surface area contributed by atoms with Crippen LogP contribution in [0.4, 0.5) is 0 Å². The summed E-state index contributed by atoms with van der Waals surface area (Å²) in [7, 11) is 0. The summed E-state index contributed by atoms with van der Waals surface area (Å²) in [6.07, 6.45) is 4.48. The number of halogens is 1. The van der Waals surface area contributed by atoms with Crippen LogP contribution in [-0.2, 0) is 6.42 Å². The first-order chi connectivity index (χ1) is 8.15. The second-order valence-corrected chi connectivity index (χ2v) is 5.45. The van der Waals surface area contributed by atoms with E-state index in [1.807, 2.05) is 18.2 Å². The molecule has 17 heavy (non-hydrogen) atoms. The molecule has 0 aromatic heterocycles. The van der Waals surface area contributed by atoms with E-state index in [1.165, 1.54) is 18.4 Å². The van der Waals surface area contributed by atoms with E-state index in [0.717, 1.165) is 17.9 Å². The number of hydrogen-bond acceptors (Lipinski definition) is 1. The van der Waals surface area contributed by atoms with Gasteiger partial charge in [-0.05, 0) is 42.4 Å². The molecule has 0 amide bonds. The molecule has 1 nitrogen and oxygen atoms in total. The Morgan fingerprint density at radius 1 is 1.35 bits per heavy atom. The highest BCUT2D eigenvalue weighted by molar-refractivity contribution is 6.30. The van der Waals surface area contributed by atoms with E-state index in [4.69, 9.17) is 11.6 Å². The van der Waals surface area contributed by atoms with E-state index in [2.05, 4.69) is 19.9 Å². The van der Waals surface area contributed by atoms with Gasteiger partial charge in [0.1, 0.15) is 0 Å². The van der Waals surface area contributed by atoms with Crippen molar-refractivity contribution >= 4 is 11.6 Å². The Hall–Kier alpha value is -0.530. The highest BCUT2D eigenvalue weighted by Gasteiger charge is 2.13. The SMILES string of the molecule is CCCC(C)CC(CO)Cc1cccc(Cl)c1.